The van der Waals surface area contributed by atoms with Crippen molar-refractivity contribution in [2.45, 2.75) is 39.2 Å². The minimum absolute atomic E-state index is 0.345. The van der Waals surface area contributed by atoms with Gasteiger partial charge in [0.1, 0.15) is 0 Å². The van der Waals surface area contributed by atoms with Gasteiger partial charge in [-0.15, -0.1) is 0 Å². The minimum Gasteiger partial charge on any atom is -0.481 e. The van der Waals surface area contributed by atoms with Crippen molar-refractivity contribution in [3.05, 3.63) is 16.9 Å². The largest absolute Gasteiger partial charge is 0.481 e. The molecule has 2 aromatic rings. The van der Waals surface area contributed by atoms with Gasteiger partial charge in [-0.1, -0.05) is 19.8 Å². The predicted octanol–water partition coefficient (Wildman–Crippen LogP) is 3.68. The van der Waals surface area contributed by atoms with Crippen molar-refractivity contribution < 1.29 is 4.74 Å². The molecule has 1 aliphatic rings. The lowest BCUT2D eigenvalue weighted by atomic mass is 9.89. The number of methoxy groups -OCH3 is 1. The summed E-state index contributed by atoms with van der Waals surface area (Å²) in [5.41, 5.74) is 2.22. The molecule has 102 valence electrons. The third-order valence-electron chi connectivity index (χ3n) is 4.15. The number of fused-ring (bicyclic) bond motifs is 1. The van der Waals surface area contributed by atoms with E-state index in [2.05, 4.69) is 21.5 Å². The molecular weight excluding hydrogens is 258 g/mol. The number of imidazole rings is 1. The van der Waals surface area contributed by atoms with E-state index in [0.29, 0.717) is 11.3 Å². The molecule has 0 aromatic carbocycles. The summed E-state index contributed by atoms with van der Waals surface area (Å²) >= 11 is 5.44. The number of aromatic amines is 1. The molecule has 0 bridgehead atoms. The molecule has 1 aliphatic carbocycles. The highest BCUT2D eigenvalue weighted by Crippen LogP contribution is 2.39. The topological polar surface area (TPSA) is 42.8 Å². The SMILES string of the molecule is COc1ccc2[nH]c(=S)n(CC3(C)CCCC3)c2n1. The number of rotatable bonds is 3. The highest BCUT2D eigenvalue weighted by atomic mass is 32.1. The van der Waals surface area contributed by atoms with Gasteiger partial charge < -0.3 is 14.3 Å². The smallest absolute Gasteiger partial charge is 0.215 e. The van der Waals surface area contributed by atoms with Gasteiger partial charge >= 0.3 is 0 Å². The highest BCUT2D eigenvalue weighted by Gasteiger charge is 2.30. The molecule has 1 fully saturated rings. The van der Waals surface area contributed by atoms with Crippen LogP contribution in [0.25, 0.3) is 11.2 Å². The summed E-state index contributed by atoms with van der Waals surface area (Å²) in [4.78, 5) is 7.76. The first-order chi connectivity index (χ1) is 9.11. The summed E-state index contributed by atoms with van der Waals surface area (Å²) in [5, 5.41) is 0. The van der Waals surface area contributed by atoms with Crippen LogP contribution in [-0.4, -0.2) is 21.6 Å². The third-order valence-corrected chi connectivity index (χ3v) is 4.47. The van der Waals surface area contributed by atoms with Crippen LogP contribution >= 0.6 is 12.2 Å². The Kier molecular flexibility index (Phi) is 3.09. The Labute approximate surface area is 117 Å². The number of H-pyrrole nitrogens is 1. The monoisotopic (exact) mass is 277 g/mol. The van der Waals surface area contributed by atoms with E-state index in [1.54, 1.807) is 7.11 Å². The van der Waals surface area contributed by atoms with Crippen molar-refractivity contribution in [3.8, 4) is 5.88 Å². The van der Waals surface area contributed by atoms with Crippen LogP contribution in [0, 0.1) is 10.2 Å². The number of nitrogens with one attached hydrogen (secondary N) is 1. The Bertz CT molecular complexity index is 652. The maximum atomic E-state index is 5.44. The number of hydrogen-bond donors (Lipinski definition) is 1. The van der Waals surface area contributed by atoms with Crippen LogP contribution in [0.3, 0.4) is 0 Å². The van der Waals surface area contributed by atoms with Crippen molar-refractivity contribution >= 4 is 23.4 Å². The van der Waals surface area contributed by atoms with Gasteiger partial charge in [0, 0.05) is 12.6 Å². The second kappa shape index (κ2) is 4.63. The lowest BCUT2D eigenvalue weighted by Crippen LogP contribution is -2.19. The van der Waals surface area contributed by atoms with Crippen molar-refractivity contribution in [1.82, 2.24) is 14.5 Å². The molecular formula is C14H19N3OS. The molecule has 2 heterocycles. The average Bonchev–Trinajstić information content (AvgIpc) is 2.95. The number of nitrogens with zero attached hydrogens (tertiary/aromatic N) is 2. The van der Waals surface area contributed by atoms with E-state index < -0.39 is 0 Å². The fourth-order valence-electron chi connectivity index (χ4n) is 3.04. The molecule has 3 rings (SSSR count). The van der Waals surface area contributed by atoms with E-state index in [0.717, 1.165) is 22.5 Å². The number of hydrogen-bond acceptors (Lipinski definition) is 3. The zero-order chi connectivity index (χ0) is 13.5. The first-order valence-corrected chi connectivity index (χ1v) is 7.16. The van der Waals surface area contributed by atoms with Gasteiger partial charge in [0.05, 0.1) is 12.6 Å². The number of aromatic nitrogens is 3. The van der Waals surface area contributed by atoms with Gasteiger partial charge in [0.25, 0.3) is 0 Å². The van der Waals surface area contributed by atoms with E-state index in [4.69, 9.17) is 17.0 Å². The fraction of sp³-hybridized carbons (Fsp3) is 0.571. The Morgan fingerprint density at radius 1 is 1.42 bits per heavy atom. The van der Waals surface area contributed by atoms with Crippen molar-refractivity contribution in [3.63, 3.8) is 0 Å². The summed E-state index contributed by atoms with van der Waals surface area (Å²) in [6, 6.07) is 3.83. The molecule has 2 aromatic heterocycles. The predicted molar refractivity (Wildman–Crippen MR) is 78.0 cm³/mol. The van der Waals surface area contributed by atoms with Crippen molar-refractivity contribution in [2.75, 3.05) is 7.11 Å². The molecule has 5 heteroatoms. The second-order valence-electron chi connectivity index (χ2n) is 5.76. The maximum Gasteiger partial charge on any atom is 0.215 e. The van der Waals surface area contributed by atoms with Crippen LogP contribution in [0.15, 0.2) is 12.1 Å². The summed E-state index contributed by atoms with van der Waals surface area (Å²) in [6.45, 7) is 3.28. The summed E-state index contributed by atoms with van der Waals surface area (Å²) < 4.78 is 8.09. The van der Waals surface area contributed by atoms with Gasteiger partial charge in [0.15, 0.2) is 10.4 Å². The Balaban J connectivity index is 2.06. The molecule has 0 unspecified atom stereocenters. The third kappa shape index (κ3) is 2.27. The van der Waals surface area contributed by atoms with Crippen LogP contribution in [0.4, 0.5) is 0 Å². The summed E-state index contributed by atoms with van der Waals surface area (Å²) in [5.74, 6) is 0.631. The molecule has 4 nitrogen and oxygen atoms in total. The van der Waals surface area contributed by atoms with Crippen molar-refractivity contribution in [1.29, 1.82) is 0 Å². The van der Waals surface area contributed by atoms with Crippen LogP contribution in [-0.2, 0) is 6.54 Å². The molecule has 0 radical (unpaired) electrons. The van der Waals surface area contributed by atoms with E-state index in [1.807, 2.05) is 12.1 Å². The van der Waals surface area contributed by atoms with E-state index >= 15 is 0 Å². The zero-order valence-corrected chi connectivity index (χ0v) is 12.2. The van der Waals surface area contributed by atoms with Gasteiger partial charge in [0.2, 0.25) is 5.88 Å². The van der Waals surface area contributed by atoms with Gasteiger partial charge in [-0.05, 0) is 36.5 Å². The summed E-state index contributed by atoms with van der Waals surface area (Å²) in [6.07, 6.45) is 5.18. The van der Waals surface area contributed by atoms with Gasteiger partial charge in [-0.2, -0.15) is 4.98 Å². The molecule has 1 N–H and O–H groups in total. The second-order valence-corrected chi connectivity index (χ2v) is 6.15. The maximum absolute atomic E-state index is 5.44. The molecule has 0 amide bonds. The van der Waals surface area contributed by atoms with Crippen LogP contribution in [0.1, 0.15) is 32.6 Å². The van der Waals surface area contributed by atoms with Crippen LogP contribution in [0.5, 0.6) is 5.88 Å². The van der Waals surface area contributed by atoms with E-state index in [1.165, 1.54) is 25.7 Å². The summed E-state index contributed by atoms with van der Waals surface area (Å²) in [7, 11) is 1.64. The Hall–Kier alpha value is -1.36. The van der Waals surface area contributed by atoms with Gasteiger partial charge in [-0.25, -0.2) is 0 Å². The molecule has 0 atom stereocenters. The van der Waals surface area contributed by atoms with Crippen molar-refractivity contribution in [2.24, 2.45) is 5.41 Å². The van der Waals surface area contributed by atoms with E-state index in [9.17, 15) is 0 Å². The first kappa shape index (κ1) is 12.7. The molecule has 1 saturated carbocycles. The van der Waals surface area contributed by atoms with Crippen LogP contribution < -0.4 is 4.74 Å². The zero-order valence-electron chi connectivity index (χ0n) is 11.4. The van der Waals surface area contributed by atoms with E-state index in [-0.39, 0.29) is 0 Å². The normalized spacial score (nSPS) is 18.0. The Morgan fingerprint density at radius 3 is 2.84 bits per heavy atom. The average molecular weight is 277 g/mol. The lowest BCUT2D eigenvalue weighted by Gasteiger charge is -2.24. The molecule has 0 spiro atoms. The molecule has 0 aliphatic heterocycles. The Morgan fingerprint density at radius 2 is 2.16 bits per heavy atom. The molecule has 19 heavy (non-hydrogen) atoms. The van der Waals surface area contributed by atoms with Crippen LogP contribution in [0.2, 0.25) is 0 Å². The van der Waals surface area contributed by atoms with Gasteiger partial charge in [-0.3, -0.25) is 0 Å². The minimum atomic E-state index is 0.345. The number of pyridine rings is 1. The molecule has 0 saturated heterocycles. The lowest BCUT2D eigenvalue weighted by molar-refractivity contribution is 0.283. The number of ether oxygens (including phenoxy) is 1. The fourth-order valence-corrected chi connectivity index (χ4v) is 3.30. The quantitative estimate of drug-likeness (QED) is 0.870. The first-order valence-electron chi connectivity index (χ1n) is 6.75. The highest BCUT2D eigenvalue weighted by molar-refractivity contribution is 7.71. The standard InChI is InChI=1S/C14H19N3OS/c1-14(7-3-4-8-14)9-17-12-10(15-13(17)19)5-6-11(16-12)18-2/h5-6H,3-4,7-9H2,1-2H3,(H,15,19).